The van der Waals surface area contributed by atoms with Gasteiger partial charge in [0.15, 0.2) is 6.67 Å². The Bertz CT molecular complexity index is 535. The number of alkyl halides is 1. The number of hydrogen-bond donors (Lipinski definition) is 2. The predicted octanol–water partition coefficient (Wildman–Crippen LogP) is 2.79. The largest absolute Gasteiger partial charge is 0.508 e. The summed E-state index contributed by atoms with van der Waals surface area (Å²) in [5.74, 6) is -0.515. The number of rotatable bonds is 2. The van der Waals surface area contributed by atoms with Crippen molar-refractivity contribution in [3.8, 4) is 5.75 Å². The fourth-order valence-corrected chi connectivity index (χ4v) is 2.05. The van der Waals surface area contributed by atoms with Crippen LogP contribution < -0.4 is 0 Å². The monoisotopic (exact) mass is 271 g/mol. The molecule has 15 heavy (non-hydrogen) atoms. The first-order chi connectivity index (χ1) is 7.13. The van der Waals surface area contributed by atoms with Crippen LogP contribution in [0.25, 0.3) is 10.9 Å². The Hall–Kier alpha value is -1.36. The molecular formula is C10H7BrFNO2. The zero-order valence-corrected chi connectivity index (χ0v) is 9.14. The Morgan fingerprint density at radius 2 is 2.27 bits per heavy atom. The fraction of sp³-hybridized carbons (Fsp3) is 0.100. The van der Waals surface area contributed by atoms with Crippen LogP contribution >= 0.6 is 15.9 Å². The van der Waals surface area contributed by atoms with Crippen LogP contribution in [0.5, 0.6) is 5.75 Å². The molecule has 0 saturated carbocycles. The number of fused-ring (bicyclic) bond motifs is 1. The molecule has 0 atom stereocenters. The van der Waals surface area contributed by atoms with Crippen molar-refractivity contribution in [2.45, 2.75) is 0 Å². The van der Waals surface area contributed by atoms with Gasteiger partial charge in [-0.05, 0) is 34.1 Å². The van der Waals surface area contributed by atoms with E-state index in [0.29, 0.717) is 15.4 Å². The van der Waals surface area contributed by atoms with E-state index in [1.165, 1.54) is 12.1 Å². The van der Waals surface area contributed by atoms with Gasteiger partial charge in [0, 0.05) is 10.9 Å². The van der Waals surface area contributed by atoms with Gasteiger partial charge in [0.1, 0.15) is 11.4 Å². The number of aromatic nitrogens is 1. The first kappa shape index (κ1) is 10.2. The minimum Gasteiger partial charge on any atom is -0.508 e. The molecule has 3 nitrogen and oxygen atoms in total. The van der Waals surface area contributed by atoms with Crippen molar-refractivity contribution < 1.29 is 14.3 Å². The lowest BCUT2D eigenvalue weighted by Gasteiger charge is -1.92. The van der Waals surface area contributed by atoms with Gasteiger partial charge in [0.05, 0.1) is 4.47 Å². The molecule has 0 amide bonds. The van der Waals surface area contributed by atoms with Gasteiger partial charge in [-0.3, -0.25) is 4.79 Å². The summed E-state index contributed by atoms with van der Waals surface area (Å²) in [6.07, 6.45) is 0. The number of H-pyrrole nitrogens is 1. The average molecular weight is 272 g/mol. The molecule has 2 N–H and O–H groups in total. The smallest absolute Gasteiger partial charge is 0.211 e. The van der Waals surface area contributed by atoms with Gasteiger partial charge in [-0.15, -0.1) is 0 Å². The van der Waals surface area contributed by atoms with E-state index >= 15 is 0 Å². The minimum atomic E-state index is -1.04. The van der Waals surface area contributed by atoms with Crippen molar-refractivity contribution in [3.05, 3.63) is 28.4 Å². The summed E-state index contributed by atoms with van der Waals surface area (Å²) in [6, 6.07) is 4.63. The Labute approximate surface area is 93.0 Å². The molecule has 1 heterocycles. The Morgan fingerprint density at radius 3 is 2.93 bits per heavy atom. The van der Waals surface area contributed by atoms with Crippen molar-refractivity contribution >= 4 is 32.6 Å². The predicted molar refractivity (Wildman–Crippen MR) is 58.0 cm³/mol. The lowest BCUT2D eigenvalue weighted by Crippen LogP contribution is -2.01. The molecule has 0 saturated heterocycles. The highest BCUT2D eigenvalue weighted by Gasteiger charge is 2.15. The molecule has 0 aliphatic carbocycles. The second-order valence-electron chi connectivity index (χ2n) is 3.10. The van der Waals surface area contributed by atoms with Crippen LogP contribution in [0.2, 0.25) is 0 Å². The zero-order valence-electron chi connectivity index (χ0n) is 7.55. The fourth-order valence-electron chi connectivity index (χ4n) is 1.41. The van der Waals surface area contributed by atoms with Gasteiger partial charge in [0.25, 0.3) is 0 Å². The second kappa shape index (κ2) is 3.66. The number of halogens is 2. The van der Waals surface area contributed by atoms with E-state index in [9.17, 15) is 14.3 Å². The number of nitrogens with one attached hydrogen (secondary N) is 1. The summed E-state index contributed by atoms with van der Waals surface area (Å²) in [5.41, 5.74) is 0.870. The Balaban J connectivity index is 2.69. The van der Waals surface area contributed by atoms with Gasteiger partial charge < -0.3 is 10.1 Å². The highest BCUT2D eigenvalue weighted by atomic mass is 79.9. The molecule has 0 fully saturated rings. The number of aromatic hydroxyl groups is 1. The SMILES string of the molecule is O=C(CF)c1[nH]c2ccc(O)cc2c1Br. The number of phenols is 1. The second-order valence-corrected chi connectivity index (χ2v) is 3.89. The number of Topliss-reactive ketones (excluding diaryl/α,β-unsaturated/α-hetero) is 1. The van der Waals surface area contributed by atoms with E-state index in [4.69, 9.17) is 0 Å². The van der Waals surface area contributed by atoms with E-state index in [1.807, 2.05) is 0 Å². The third kappa shape index (κ3) is 1.63. The minimum absolute atomic E-state index is 0.0986. The average Bonchev–Trinajstić information content (AvgIpc) is 2.55. The summed E-state index contributed by atoms with van der Waals surface area (Å²) >= 11 is 3.20. The first-order valence-corrected chi connectivity index (χ1v) is 5.02. The summed E-state index contributed by atoms with van der Waals surface area (Å²) in [6.45, 7) is -1.04. The van der Waals surface area contributed by atoms with Crippen molar-refractivity contribution in [1.29, 1.82) is 0 Å². The lowest BCUT2D eigenvalue weighted by atomic mass is 10.2. The van der Waals surface area contributed by atoms with Crippen LogP contribution in [-0.2, 0) is 0 Å². The van der Waals surface area contributed by atoms with E-state index in [1.54, 1.807) is 6.07 Å². The van der Waals surface area contributed by atoms with Crippen LogP contribution in [0.3, 0.4) is 0 Å². The van der Waals surface area contributed by atoms with Gasteiger partial charge >= 0.3 is 0 Å². The van der Waals surface area contributed by atoms with Gasteiger partial charge in [0.2, 0.25) is 5.78 Å². The number of aromatic amines is 1. The number of carbonyl (C=O) groups excluding carboxylic acids is 1. The number of phenolic OH excluding ortho intramolecular Hbond substituents is 1. The van der Waals surface area contributed by atoms with E-state index < -0.39 is 12.5 Å². The summed E-state index contributed by atoms with van der Waals surface area (Å²) in [7, 11) is 0. The normalized spacial score (nSPS) is 10.8. The van der Waals surface area contributed by atoms with Gasteiger partial charge in [-0.25, -0.2) is 4.39 Å². The number of carbonyl (C=O) groups is 1. The lowest BCUT2D eigenvalue weighted by molar-refractivity contribution is 0.0954. The Kier molecular flexibility index (Phi) is 2.48. The van der Waals surface area contributed by atoms with Crippen LogP contribution in [0.4, 0.5) is 4.39 Å². The molecule has 1 aromatic carbocycles. The van der Waals surface area contributed by atoms with Gasteiger partial charge in [-0.2, -0.15) is 0 Å². The summed E-state index contributed by atoms with van der Waals surface area (Å²) in [5, 5.41) is 9.93. The molecule has 5 heteroatoms. The van der Waals surface area contributed by atoms with Crippen molar-refractivity contribution in [2.75, 3.05) is 6.67 Å². The van der Waals surface area contributed by atoms with Gasteiger partial charge in [-0.1, -0.05) is 0 Å². The Morgan fingerprint density at radius 1 is 1.53 bits per heavy atom. The molecule has 2 aromatic rings. The van der Waals surface area contributed by atoms with Crippen LogP contribution in [-0.4, -0.2) is 22.5 Å². The number of hydrogen-bond acceptors (Lipinski definition) is 2. The molecule has 0 spiro atoms. The maximum absolute atomic E-state index is 12.2. The standard InChI is InChI=1S/C10H7BrFNO2/c11-9-6-3-5(14)1-2-7(6)13-10(9)8(15)4-12/h1-3,13-14H,4H2. The summed E-state index contributed by atoms with van der Waals surface area (Å²) < 4.78 is 12.7. The maximum atomic E-state index is 12.2. The van der Waals surface area contributed by atoms with Crippen LogP contribution in [0.15, 0.2) is 22.7 Å². The van der Waals surface area contributed by atoms with Crippen LogP contribution in [0, 0.1) is 0 Å². The third-order valence-electron chi connectivity index (χ3n) is 2.12. The summed E-state index contributed by atoms with van der Waals surface area (Å²) in [4.78, 5) is 14.0. The van der Waals surface area contributed by atoms with Crippen LogP contribution in [0.1, 0.15) is 10.5 Å². The van der Waals surface area contributed by atoms with E-state index in [0.717, 1.165) is 0 Å². The zero-order chi connectivity index (χ0) is 11.0. The van der Waals surface area contributed by atoms with E-state index in [2.05, 4.69) is 20.9 Å². The highest BCUT2D eigenvalue weighted by Crippen LogP contribution is 2.30. The van der Waals surface area contributed by atoms with Crippen molar-refractivity contribution in [1.82, 2.24) is 4.98 Å². The number of benzene rings is 1. The quantitative estimate of drug-likeness (QED) is 0.826. The topological polar surface area (TPSA) is 53.1 Å². The first-order valence-electron chi connectivity index (χ1n) is 4.23. The molecule has 0 aliphatic rings. The van der Waals surface area contributed by atoms with Crippen molar-refractivity contribution in [2.24, 2.45) is 0 Å². The molecule has 0 aliphatic heterocycles. The molecule has 2 rings (SSSR count). The number of ketones is 1. The van der Waals surface area contributed by atoms with E-state index in [-0.39, 0.29) is 11.4 Å². The highest BCUT2D eigenvalue weighted by molar-refractivity contribution is 9.10. The molecular weight excluding hydrogens is 265 g/mol. The molecule has 0 unspecified atom stereocenters. The molecule has 0 bridgehead atoms. The molecule has 0 radical (unpaired) electrons. The maximum Gasteiger partial charge on any atom is 0.211 e. The molecule has 1 aromatic heterocycles. The molecule has 78 valence electrons. The third-order valence-corrected chi connectivity index (χ3v) is 2.94. The van der Waals surface area contributed by atoms with Crippen molar-refractivity contribution in [3.63, 3.8) is 0 Å².